The number of hydrogen-bond acceptors (Lipinski definition) is 2. The van der Waals surface area contributed by atoms with Gasteiger partial charge in [-0.05, 0) is 54.8 Å². The van der Waals surface area contributed by atoms with Gasteiger partial charge in [-0.15, -0.1) is 0 Å². The first-order chi connectivity index (χ1) is 9.84. The Labute approximate surface area is 125 Å². The van der Waals surface area contributed by atoms with Crippen molar-refractivity contribution in [2.24, 2.45) is 0 Å². The molecule has 2 aromatic carbocycles. The van der Waals surface area contributed by atoms with Gasteiger partial charge in [0.2, 0.25) is 0 Å². The van der Waals surface area contributed by atoms with E-state index in [1.807, 2.05) is 55.5 Å². The average molecular weight is 279 g/mol. The van der Waals surface area contributed by atoms with Crippen molar-refractivity contribution < 1.29 is 5.11 Å². The van der Waals surface area contributed by atoms with Gasteiger partial charge in [-0.3, -0.25) is 5.41 Å². The molecule has 0 fully saturated rings. The lowest BCUT2D eigenvalue weighted by molar-refractivity contribution is 0.0786. The molecule has 0 aliphatic carbocycles. The number of rotatable bonds is 4. The molecule has 0 bridgehead atoms. The highest BCUT2D eigenvalue weighted by Gasteiger charge is 2.23. The third kappa shape index (κ3) is 3.11. The number of fused-ring (bicyclic) bond motifs is 1. The summed E-state index contributed by atoms with van der Waals surface area (Å²) in [6, 6.07) is 11.9. The number of benzene rings is 2. The normalized spacial score (nSPS) is 12.0. The van der Waals surface area contributed by atoms with E-state index in [9.17, 15) is 5.11 Å². The summed E-state index contributed by atoms with van der Waals surface area (Å²) in [5.41, 5.74) is 1.44. The van der Waals surface area contributed by atoms with Gasteiger partial charge >= 0.3 is 0 Å². The summed E-state index contributed by atoms with van der Waals surface area (Å²) in [6.45, 7) is 9.31. The molecule has 0 saturated carbocycles. The van der Waals surface area contributed by atoms with Crippen LogP contribution in [0.2, 0.25) is 0 Å². The summed E-state index contributed by atoms with van der Waals surface area (Å²) in [7, 11) is 0. The van der Waals surface area contributed by atoms with Crippen molar-refractivity contribution in [2.75, 3.05) is 0 Å². The predicted molar refractivity (Wildman–Crippen MR) is 90.0 cm³/mol. The number of nitrogens with one attached hydrogen (secondary N) is 1. The molecule has 0 aliphatic rings. The van der Waals surface area contributed by atoms with E-state index in [1.54, 1.807) is 13.8 Å². The molecule has 2 aromatic rings. The van der Waals surface area contributed by atoms with E-state index in [1.165, 1.54) is 0 Å². The van der Waals surface area contributed by atoms with E-state index in [0.717, 1.165) is 21.9 Å². The average Bonchev–Trinajstić information content (AvgIpc) is 2.44. The first-order valence-electron chi connectivity index (χ1n) is 7.01. The van der Waals surface area contributed by atoms with E-state index in [4.69, 9.17) is 5.41 Å². The number of hydrogen-bond donors (Lipinski definition) is 2. The van der Waals surface area contributed by atoms with Gasteiger partial charge in [-0.25, -0.2) is 0 Å². The van der Waals surface area contributed by atoms with Gasteiger partial charge in [0.25, 0.3) is 0 Å². The Bertz CT molecular complexity index is 733. The highest BCUT2D eigenvalue weighted by molar-refractivity contribution is 6.14. The Balaban J connectivity index is 2.70. The van der Waals surface area contributed by atoms with Crippen molar-refractivity contribution in [2.45, 2.75) is 26.4 Å². The van der Waals surface area contributed by atoms with Crippen molar-refractivity contribution in [3.8, 4) is 0 Å². The smallest absolute Gasteiger partial charge is 0.0847 e. The molecule has 0 heterocycles. The van der Waals surface area contributed by atoms with Gasteiger partial charge in [0.05, 0.1) is 11.3 Å². The molecule has 0 radical (unpaired) electrons. The maximum Gasteiger partial charge on any atom is 0.0847 e. The maximum atomic E-state index is 10.4. The Hall–Kier alpha value is -2.19. The van der Waals surface area contributed by atoms with Gasteiger partial charge in [0.1, 0.15) is 0 Å². The van der Waals surface area contributed by atoms with Crippen molar-refractivity contribution in [3.63, 3.8) is 0 Å². The minimum atomic E-state index is -1.01. The van der Waals surface area contributed by atoms with Crippen LogP contribution in [0.5, 0.6) is 0 Å². The molecule has 0 aromatic heterocycles. The monoisotopic (exact) mass is 279 g/mol. The Kier molecular flexibility index (Phi) is 4.10. The Morgan fingerprint density at radius 3 is 2.29 bits per heavy atom. The Morgan fingerprint density at radius 2 is 1.76 bits per heavy atom. The van der Waals surface area contributed by atoms with Crippen LogP contribution in [0.4, 0.5) is 0 Å². The fraction of sp³-hybridized carbons (Fsp3) is 0.211. The van der Waals surface area contributed by atoms with Gasteiger partial charge in [0, 0.05) is 5.56 Å². The first kappa shape index (κ1) is 15.2. The second-order valence-corrected chi connectivity index (χ2v) is 5.70. The molecule has 0 unspecified atom stereocenters. The lowest BCUT2D eigenvalue weighted by Gasteiger charge is -2.23. The van der Waals surface area contributed by atoms with E-state index in [2.05, 4.69) is 6.58 Å². The number of allylic oxidation sites excluding steroid dienone is 3. The molecule has 2 rings (SSSR count). The lowest BCUT2D eigenvalue weighted by atomic mass is 9.86. The second kappa shape index (κ2) is 5.66. The van der Waals surface area contributed by atoms with Crippen molar-refractivity contribution >= 4 is 16.5 Å². The maximum absolute atomic E-state index is 10.4. The van der Waals surface area contributed by atoms with Gasteiger partial charge < -0.3 is 5.11 Å². The molecule has 2 N–H and O–H groups in total. The van der Waals surface area contributed by atoms with Crippen LogP contribution in [-0.2, 0) is 5.60 Å². The van der Waals surface area contributed by atoms with E-state index in [0.29, 0.717) is 11.3 Å². The molecule has 2 heteroatoms. The summed E-state index contributed by atoms with van der Waals surface area (Å²) in [6.07, 6.45) is 3.67. The molecule has 0 atom stereocenters. The van der Waals surface area contributed by atoms with Crippen molar-refractivity contribution in [1.29, 1.82) is 5.41 Å². The van der Waals surface area contributed by atoms with Gasteiger partial charge in [-0.1, -0.05) is 43.0 Å². The Morgan fingerprint density at radius 1 is 1.19 bits per heavy atom. The summed E-state index contributed by atoms with van der Waals surface area (Å²) < 4.78 is 0. The third-order valence-electron chi connectivity index (χ3n) is 3.50. The molecule has 0 spiro atoms. The van der Waals surface area contributed by atoms with E-state index in [-0.39, 0.29) is 0 Å². The molecule has 0 saturated heterocycles. The molecule has 0 aliphatic heterocycles. The molecule has 108 valence electrons. The van der Waals surface area contributed by atoms with Crippen LogP contribution in [0.3, 0.4) is 0 Å². The minimum Gasteiger partial charge on any atom is -0.386 e. The standard InChI is InChI=1S/C19H21NO/c1-5-8-13(2)18(20)16-11-14-9-6-7-10-15(14)12-17(16)19(3,4)21/h5-12,20-21H,2H2,1,3-4H3/b8-5-,20-18?. The van der Waals surface area contributed by atoms with Crippen LogP contribution in [0, 0.1) is 5.41 Å². The van der Waals surface area contributed by atoms with Crippen LogP contribution in [0.15, 0.2) is 60.7 Å². The summed E-state index contributed by atoms with van der Waals surface area (Å²) in [4.78, 5) is 0. The van der Waals surface area contributed by atoms with Crippen LogP contribution in [0.25, 0.3) is 10.8 Å². The molecule has 2 nitrogen and oxygen atoms in total. The predicted octanol–water partition coefficient (Wildman–Crippen LogP) is 4.57. The van der Waals surface area contributed by atoms with Crippen LogP contribution >= 0.6 is 0 Å². The zero-order chi connectivity index (χ0) is 15.6. The summed E-state index contributed by atoms with van der Waals surface area (Å²) in [5.74, 6) is 0. The lowest BCUT2D eigenvalue weighted by Crippen LogP contribution is -2.20. The third-order valence-corrected chi connectivity index (χ3v) is 3.50. The quantitative estimate of drug-likeness (QED) is 0.625. The van der Waals surface area contributed by atoms with Crippen molar-refractivity contribution in [3.05, 3.63) is 71.8 Å². The molecule has 21 heavy (non-hydrogen) atoms. The van der Waals surface area contributed by atoms with E-state index < -0.39 is 5.60 Å². The molecular formula is C19H21NO. The summed E-state index contributed by atoms with van der Waals surface area (Å²) in [5, 5.41) is 20.9. The molecular weight excluding hydrogens is 258 g/mol. The van der Waals surface area contributed by atoms with Gasteiger partial charge in [0.15, 0.2) is 0 Å². The fourth-order valence-electron chi connectivity index (χ4n) is 2.41. The van der Waals surface area contributed by atoms with Crippen LogP contribution in [-0.4, -0.2) is 10.8 Å². The first-order valence-corrected chi connectivity index (χ1v) is 7.01. The topological polar surface area (TPSA) is 44.1 Å². The molecule has 0 amide bonds. The SMILES string of the molecule is C=C(/C=C\C)C(=N)c1cc2ccccc2cc1C(C)(C)O. The second-order valence-electron chi connectivity index (χ2n) is 5.70. The van der Waals surface area contributed by atoms with Crippen LogP contribution < -0.4 is 0 Å². The largest absolute Gasteiger partial charge is 0.386 e. The van der Waals surface area contributed by atoms with Gasteiger partial charge in [-0.2, -0.15) is 0 Å². The fourth-order valence-corrected chi connectivity index (χ4v) is 2.41. The van der Waals surface area contributed by atoms with Crippen molar-refractivity contribution in [1.82, 2.24) is 0 Å². The highest BCUT2D eigenvalue weighted by Crippen LogP contribution is 2.30. The van der Waals surface area contributed by atoms with Crippen LogP contribution in [0.1, 0.15) is 31.9 Å². The summed E-state index contributed by atoms with van der Waals surface area (Å²) >= 11 is 0. The number of aliphatic hydroxyl groups is 1. The van der Waals surface area contributed by atoms with E-state index >= 15 is 0 Å². The zero-order valence-electron chi connectivity index (χ0n) is 12.8. The highest BCUT2D eigenvalue weighted by atomic mass is 16.3. The zero-order valence-corrected chi connectivity index (χ0v) is 12.8. The minimum absolute atomic E-state index is 0.343.